The Bertz CT molecular complexity index is 846. The topological polar surface area (TPSA) is 52.5 Å². The molecule has 1 heterocycles. The summed E-state index contributed by atoms with van der Waals surface area (Å²) < 4.78 is 0. The van der Waals surface area contributed by atoms with Gasteiger partial charge in [-0.15, -0.1) is 11.8 Å². The van der Waals surface area contributed by atoms with Gasteiger partial charge in [0, 0.05) is 9.79 Å². The van der Waals surface area contributed by atoms with E-state index in [4.69, 9.17) is 0 Å². The van der Waals surface area contributed by atoms with E-state index in [0.717, 1.165) is 26.0 Å². The van der Waals surface area contributed by atoms with Gasteiger partial charge in [-0.25, -0.2) is 4.98 Å². The van der Waals surface area contributed by atoms with Crippen molar-refractivity contribution in [1.29, 1.82) is 5.26 Å². The average molecular weight is 311 g/mol. The van der Waals surface area contributed by atoms with Gasteiger partial charge in [0.2, 0.25) is 0 Å². The highest BCUT2D eigenvalue weighted by Gasteiger charge is 2.11. The highest BCUT2D eigenvalue weighted by atomic mass is 32.2. The van der Waals surface area contributed by atoms with Crippen LogP contribution in [0.25, 0.3) is 11.0 Å². The van der Waals surface area contributed by atoms with Crippen molar-refractivity contribution in [2.45, 2.75) is 21.9 Å². The van der Waals surface area contributed by atoms with Gasteiger partial charge in [-0.2, -0.15) is 5.26 Å². The second kappa shape index (κ2) is 5.84. The number of nitriles is 1. The standard InChI is InChI=1S/C16H13N3S2/c1-10-6-7-12-13(8-10)19-16(18-12)21-15-5-3-4-14(20-2)11(15)9-17/h3-8H,1-2H3,(H,18,19). The van der Waals surface area contributed by atoms with Crippen molar-refractivity contribution < 1.29 is 0 Å². The Morgan fingerprint density at radius 1 is 1.19 bits per heavy atom. The first-order valence-corrected chi connectivity index (χ1v) is 8.46. The number of hydrogen-bond acceptors (Lipinski definition) is 4. The van der Waals surface area contributed by atoms with E-state index >= 15 is 0 Å². The zero-order chi connectivity index (χ0) is 14.8. The number of nitrogens with zero attached hydrogens (tertiary/aromatic N) is 2. The maximum atomic E-state index is 9.38. The van der Waals surface area contributed by atoms with Crippen LogP contribution in [0.3, 0.4) is 0 Å². The van der Waals surface area contributed by atoms with Crippen LogP contribution >= 0.6 is 23.5 Å². The summed E-state index contributed by atoms with van der Waals surface area (Å²) in [7, 11) is 0. The van der Waals surface area contributed by atoms with E-state index in [1.807, 2.05) is 36.6 Å². The largest absolute Gasteiger partial charge is 0.333 e. The Morgan fingerprint density at radius 3 is 2.76 bits per heavy atom. The van der Waals surface area contributed by atoms with Crippen LogP contribution in [-0.4, -0.2) is 16.2 Å². The molecule has 0 atom stereocenters. The minimum absolute atomic E-state index is 0.714. The number of aromatic amines is 1. The van der Waals surface area contributed by atoms with Crippen molar-refractivity contribution in [2.75, 3.05) is 6.26 Å². The van der Waals surface area contributed by atoms with Crippen LogP contribution in [0.2, 0.25) is 0 Å². The summed E-state index contributed by atoms with van der Waals surface area (Å²) in [6, 6.07) is 14.3. The van der Waals surface area contributed by atoms with Gasteiger partial charge in [-0.1, -0.05) is 23.9 Å². The summed E-state index contributed by atoms with van der Waals surface area (Å²) in [6.07, 6.45) is 1.98. The van der Waals surface area contributed by atoms with Crippen LogP contribution in [0.15, 0.2) is 51.3 Å². The minimum atomic E-state index is 0.714. The summed E-state index contributed by atoms with van der Waals surface area (Å²) >= 11 is 3.08. The summed E-state index contributed by atoms with van der Waals surface area (Å²) in [5.41, 5.74) is 3.89. The third-order valence-electron chi connectivity index (χ3n) is 3.14. The van der Waals surface area contributed by atoms with Crippen molar-refractivity contribution >= 4 is 34.6 Å². The lowest BCUT2D eigenvalue weighted by molar-refractivity contribution is 1.08. The fourth-order valence-electron chi connectivity index (χ4n) is 2.13. The van der Waals surface area contributed by atoms with E-state index < -0.39 is 0 Å². The predicted octanol–water partition coefficient (Wildman–Crippen LogP) is 4.62. The second-order valence-electron chi connectivity index (χ2n) is 4.61. The van der Waals surface area contributed by atoms with Gasteiger partial charge in [0.05, 0.1) is 16.6 Å². The average Bonchev–Trinajstić information content (AvgIpc) is 2.88. The van der Waals surface area contributed by atoms with Crippen molar-refractivity contribution in [2.24, 2.45) is 0 Å². The van der Waals surface area contributed by atoms with Crippen LogP contribution in [-0.2, 0) is 0 Å². The number of thioether (sulfide) groups is 1. The van der Waals surface area contributed by atoms with E-state index in [1.54, 1.807) is 11.8 Å². The Labute approximate surface area is 131 Å². The number of nitrogens with one attached hydrogen (secondary N) is 1. The first-order valence-electron chi connectivity index (χ1n) is 6.42. The fraction of sp³-hybridized carbons (Fsp3) is 0.125. The third-order valence-corrected chi connectivity index (χ3v) is 4.87. The molecule has 0 unspecified atom stereocenters. The molecule has 104 valence electrons. The molecular weight excluding hydrogens is 298 g/mol. The molecule has 1 N–H and O–H groups in total. The van der Waals surface area contributed by atoms with Gasteiger partial charge < -0.3 is 4.98 Å². The van der Waals surface area contributed by atoms with E-state index in [2.05, 4.69) is 29.0 Å². The molecule has 0 fully saturated rings. The van der Waals surface area contributed by atoms with Gasteiger partial charge in [-0.05, 0) is 43.0 Å². The van der Waals surface area contributed by atoms with Gasteiger partial charge in [0.15, 0.2) is 5.16 Å². The molecule has 0 radical (unpaired) electrons. The van der Waals surface area contributed by atoms with Crippen LogP contribution in [0.5, 0.6) is 0 Å². The number of hydrogen-bond donors (Lipinski definition) is 1. The van der Waals surface area contributed by atoms with Gasteiger partial charge in [0.25, 0.3) is 0 Å². The lowest BCUT2D eigenvalue weighted by Crippen LogP contribution is -1.86. The molecule has 21 heavy (non-hydrogen) atoms. The van der Waals surface area contributed by atoms with Crippen LogP contribution in [0.4, 0.5) is 0 Å². The molecular formula is C16H13N3S2. The van der Waals surface area contributed by atoms with Crippen LogP contribution in [0.1, 0.15) is 11.1 Å². The quantitative estimate of drug-likeness (QED) is 0.717. The number of imidazole rings is 1. The first kappa shape index (κ1) is 14.1. The Morgan fingerprint density at radius 2 is 2.00 bits per heavy atom. The first-order chi connectivity index (χ1) is 10.2. The zero-order valence-electron chi connectivity index (χ0n) is 11.7. The zero-order valence-corrected chi connectivity index (χ0v) is 13.3. The van der Waals surface area contributed by atoms with Gasteiger partial charge in [0.1, 0.15) is 6.07 Å². The molecule has 0 saturated heterocycles. The minimum Gasteiger partial charge on any atom is -0.333 e. The predicted molar refractivity (Wildman–Crippen MR) is 87.9 cm³/mol. The van der Waals surface area contributed by atoms with E-state index in [1.165, 1.54) is 17.3 Å². The number of aromatic nitrogens is 2. The van der Waals surface area contributed by atoms with E-state index in [9.17, 15) is 5.26 Å². The molecule has 1 aromatic heterocycles. The van der Waals surface area contributed by atoms with Crippen molar-refractivity contribution in [3.63, 3.8) is 0 Å². The normalized spacial score (nSPS) is 10.7. The molecule has 3 aromatic rings. The highest BCUT2D eigenvalue weighted by molar-refractivity contribution is 7.99. The van der Waals surface area contributed by atoms with Gasteiger partial charge in [-0.3, -0.25) is 0 Å². The molecule has 0 amide bonds. The molecule has 0 bridgehead atoms. The van der Waals surface area contributed by atoms with E-state index in [-0.39, 0.29) is 0 Å². The molecule has 0 aliphatic heterocycles. The summed E-state index contributed by atoms with van der Waals surface area (Å²) in [5.74, 6) is 0. The monoisotopic (exact) mass is 311 g/mol. The lowest BCUT2D eigenvalue weighted by atomic mass is 10.2. The molecule has 2 aromatic carbocycles. The Balaban J connectivity index is 2.01. The maximum absolute atomic E-state index is 9.38. The number of aryl methyl sites for hydroxylation is 1. The van der Waals surface area contributed by atoms with E-state index in [0.29, 0.717) is 5.56 Å². The smallest absolute Gasteiger partial charge is 0.171 e. The fourth-order valence-corrected chi connectivity index (χ4v) is 3.69. The Kier molecular flexibility index (Phi) is 3.91. The summed E-state index contributed by atoms with van der Waals surface area (Å²) in [5, 5.41) is 10.2. The molecule has 0 spiro atoms. The lowest BCUT2D eigenvalue weighted by Gasteiger charge is -2.05. The number of fused-ring (bicyclic) bond motifs is 1. The molecule has 0 saturated carbocycles. The van der Waals surface area contributed by atoms with Crippen molar-refractivity contribution in [1.82, 2.24) is 9.97 Å². The second-order valence-corrected chi connectivity index (χ2v) is 6.49. The molecule has 3 nitrogen and oxygen atoms in total. The van der Waals surface area contributed by atoms with Crippen LogP contribution in [0, 0.1) is 18.3 Å². The van der Waals surface area contributed by atoms with Crippen LogP contribution < -0.4 is 0 Å². The summed E-state index contributed by atoms with van der Waals surface area (Å²) in [4.78, 5) is 9.81. The number of H-pyrrole nitrogens is 1. The maximum Gasteiger partial charge on any atom is 0.171 e. The van der Waals surface area contributed by atoms with Gasteiger partial charge >= 0.3 is 0 Å². The molecule has 3 rings (SSSR count). The third kappa shape index (κ3) is 2.78. The number of benzene rings is 2. The highest BCUT2D eigenvalue weighted by Crippen LogP contribution is 2.33. The Hall–Kier alpha value is -1.90. The molecule has 0 aliphatic carbocycles. The SMILES string of the molecule is CSc1cccc(Sc2nc3ccc(C)cc3[nH]2)c1C#N. The summed E-state index contributed by atoms with van der Waals surface area (Å²) in [6.45, 7) is 2.06. The molecule has 5 heteroatoms. The van der Waals surface area contributed by atoms with Crippen molar-refractivity contribution in [3.05, 3.63) is 47.5 Å². The molecule has 0 aliphatic rings. The number of rotatable bonds is 3. The van der Waals surface area contributed by atoms with Crippen molar-refractivity contribution in [3.8, 4) is 6.07 Å².